The van der Waals surface area contributed by atoms with E-state index in [9.17, 15) is 14.4 Å². The lowest BCUT2D eigenvalue weighted by Gasteiger charge is -2.34. The molecule has 4 rings (SSSR count). The number of nitrogens with zero attached hydrogens (tertiary/aromatic N) is 1. The van der Waals surface area contributed by atoms with Crippen molar-refractivity contribution in [1.29, 1.82) is 0 Å². The number of ether oxygens (including phenoxy) is 3. The molecule has 0 N–H and O–H groups in total. The van der Waals surface area contributed by atoms with Crippen molar-refractivity contribution in [3.8, 4) is 0 Å². The van der Waals surface area contributed by atoms with Crippen LogP contribution in [0.15, 0.2) is 0 Å². The van der Waals surface area contributed by atoms with E-state index in [2.05, 4.69) is 25.7 Å². The second-order valence-electron chi connectivity index (χ2n) is 9.91. The third-order valence-electron chi connectivity index (χ3n) is 7.99. The van der Waals surface area contributed by atoms with E-state index < -0.39 is 29.6 Å². The monoisotopic (exact) mass is 435 g/mol. The molecule has 6 atom stereocenters. The van der Waals surface area contributed by atoms with Crippen LogP contribution in [-0.2, 0) is 28.6 Å². The van der Waals surface area contributed by atoms with Crippen molar-refractivity contribution in [2.75, 3.05) is 19.6 Å². The van der Waals surface area contributed by atoms with Crippen molar-refractivity contribution in [1.82, 2.24) is 4.90 Å². The van der Waals surface area contributed by atoms with Crippen LogP contribution in [-0.4, -0.2) is 60.3 Å². The van der Waals surface area contributed by atoms with Crippen LogP contribution in [0.1, 0.15) is 72.1 Å². The minimum atomic E-state index is -0.555. The molecule has 1 aliphatic heterocycles. The molecule has 0 aromatic heterocycles. The Morgan fingerprint density at radius 3 is 2.39 bits per heavy atom. The van der Waals surface area contributed by atoms with E-state index in [0.717, 1.165) is 58.0 Å². The summed E-state index contributed by atoms with van der Waals surface area (Å²) in [6, 6.07) is 0. The maximum absolute atomic E-state index is 13.3. The van der Waals surface area contributed by atoms with E-state index in [4.69, 9.17) is 14.2 Å². The van der Waals surface area contributed by atoms with Crippen molar-refractivity contribution >= 4 is 17.9 Å². The zero-order valence-corrected chi connectivity index (χ0v) is 19.1. The molecule has 4 aliphatic rings. The lowest BCUT2D eigenvalue weighted by atomic mass is 9.78. The first-order valence-corrected chi connectivity index (χ1v) is 12.3. The van der Waals surface area contributed by atoms with E-state index in [1.807, 2.05) is 0 Å². The Morgan fingerprint density at radius 1 is 1.10 bits per heavy atom. The zero-order chi connectivity index (χ0) is 22.2. The first-order valence-electron chi connectivity index (χ1n) is 12.3. The quantitative estimate of drug-likeness (QED) is 0.385. The average Bonchev–Trinajstić information content (AvgIpc) is 3.46. The molecule has 1 heterocycles. The van der Waals surface area contributed by atoms with Gasteiger partial charge in [-0.05, 0) is 64.5 Å². The highest BCUT2D eigenvalue weighted by atomic mass is 16.6. The predicted molar refractivity (Wildman–Crippen MR) is 113 cm³/mol. The Bertz CT molecular complexity index is 696. The maximum Gasteiger partial charge on any atom is 0.320 e. The molecule has 0 aromatic carbocycles. The van der Waals surface area contributed by atoms with E-state index in [-0.39, 0.29) is 36.3 Å². The highest BCUT2D eigenvalue weighted by Gasteiger charge is 2.70. The van der Waals surface area contributed by atoms with Crippen LogP contribution in [0.2, 0.25) is 0 Å². The van der Waals surface area contributed by atoms with Gasteiger partial charge in [0, 0.05) is 11.8 Å². The van der Waals surface area contributed by atoms with E-state index >= 15 is 0 Å². The number of rotatable bonds is 10. The Balaban J connectivity index is 1.45. The van der Waals surface area contributed by atoms with Gasteiger partial charge in [-0.15, -0.1) is 0 Å². The van der Waals surface area contributed by atoms with Crippen molar-refractivity contribution in [2.24, 2.45) is 23.7 Å². The molecule has 7 nitrogen and oxygen atoms in total. The molecular formula is C24H37NO6. The molecular weight excluding hydrogens is 398 g/mol. The van der Waals surface area contributed by atoms with Crippen molar-refractivity contribution in [2.45, 2.75) is 89.9 Å². The third kappa shape index (κ3) is 4.10. The molecule has 2 bridgehead atoms. The molecule has 0 aromatic rings. The van der Waals surface area contributed by atoms with Crippen LogP contribution >= 0.6 is 0 Å². The fourth-order valence-corrected chi connectivity index (χ4v) is 6.57. The Morgan fingerprint density at radius 2 is 1.77 bits per heavy atom. The van der Waals surface area contributed by atoms with Gasteiger partial charge in [-0.2, -0.15) is 0 Å². The van der Waals surface area contributed by atoms with Gasteiger partial charge >= 0.3 is 17.9 Å². The van der Waals surface area contributed by atoms with Crippen LogP contribution in [0.4, 0.5) is 0 Å². The van der Waals surface area contributed by atoms with Gasteiger partial charge in [0.1, 0.15) is 17.8 Å². The Hall–Kier alpha value is -1.63. The fourth-order valence-electron chi connectivity index (χ4n) is 6.57. The van der Waals surface area contributed by atoms with Gasteiger partial charge in [0.15, 0.2) is 0 Å². The summed E-state index contributed by atoms with van der Waals surface area (Å²) in [5, 5.41) is 0. The molecule has 0 spiro atoms. The highest BCUT2D eigenvalue weighted by molar-refractivity contribution is 5.86. The maximum atomic E-state index is 13.3. The largest absolute Gasteiger partial charge is 0.459 e. The summed E-state index contributed by atoms with van der Waals surface area (Å²) in [6.45, 7) is 8.15. The minimum absolute atomic E-state index is 0.0450. The Labute approximate surface area is 185 Å². The summed E-state index contributed by atoms with van der Waals surface area (Å²) < 4.78 is 17.6. The summed E-state index contributed by atoms with van der Waals surface area (Å²) in [6.07, 6.45) is 6.37. The molecule has 4 fully saturated rings. The molecule has 1 saturated heterocycles. The minimum Gasteiger partial charge on any atom is -0.459 e. The second-order valence-corrected chi connectivity index (χ2v) is 9.91. The smallest absolute Gasteiger partial charge is 0.320 e. The number of esters is 3. The topological polar surface area (TPSA) is 82.1 Å². The van der Waals surface area contributed by atoms with E-state index in [0.29, 0.717) is 6.42 Å². The first kappa shape index (κ1) is 22.6. The molecule has 0 radical (unpaired) electrons. The summed E-state index contributed by atoms with van der Waals surface area (Å²) >= 11 is 0. The van der Waals surface area contributed by atoms with Crippen LogP contribution in [0, 0.1) is 23.7 Å². The number of hydrogen-bond acceptors (Lipinski definition) is 7. The lowest BCUT2D eigenvalue weighted by molar-refractivity contribution is -0.175. The third-order valence-corrected chi connectivity index (χ3v) is 7.99. The predicted octanol–water partition coefficient (Wildman–Crippen LogP) is 3.09. The van der Waals surface area contributed by atoms with Crippen LogP contribution in [0.25, 0.3) is 0 Å². The standard InChI is InChI=1S/C24H37NO6/c1-4-11-25(12-5-2)14-17(26)29-20-16-13-15-18(22(27)30-21(15)20)19(16)23(28)31-24(6-3)9-7-8-10-24/h15-16,18-21H,4-14H2,1-3H3. The molecule has 31 heavy (non-hydrogen) atoms. The summed E-state index contributed by atoms with van der Waals surface area (Å²) in [5.74, 6) is -2.15. The fraction of sp³-hybridized carbons (Fsp3) is 0.875. The van der Waals surface area contributed by atoms with Crippen molar-refractivity contribution < 1.29 is 28.6 Å². The van der Waals surface area contributed by atoms with E-state index in [1.165, 1.54) is 0 Å². The molecule has 3 saturated carbocycles. The highest BCUT2D eigenvalue weighted by Crippen LogP contribution is 2.59. The molecule has 6 unspecified atom stereocenters. The van der Waals surface area contributed by atoms with Gasteiger partial charge in [-0.3, -0.25) is 19.3 Å². The SMILES string of the molecule is CCCN(CCC)CC(=O)OC1C2CC3C1OC(=O)C3C2C(=O)OC1(CC)CCCC1. The van der Waals surface area contributed by atoms with Gasteiger partial charge in [-0.25, -0.2) is 0 Å². The van der Waals surface area contributed by atoms with Gasteiger partial charge in [-0.1, -0.05) is 20.8 Å². The van der Waals surface area contributed by atoms with Crippen molar-refractivity contribution in [3.63, 3.8) is 0 Å². The number of fused-ring (bicyclic) bond motifs is 1. The number of carbonyl (C=O) groups is 3. The molecule has 3 aliphatic carbocycles. The summed E-state index contributed by atoms with van der Waals surface area (Å²) in [4.78, 5) is 40.7. The van der Waals surface area contributed by atoms with Gasteiger partial charge in [0.2, 0.25) is 0 Å². The van der Waals surface area contributed by atoms with Gasteiger partial charge in [0.05, 0.1) is 18.4 Å². The van der Waals surface area contributed by atoms with Crippen LogP contribution in [0.5, 0.6) is 0 Å². The normalized spacial score (nSPS) is 34.9. The zero-order valence-electron chi connectivity index (χ0n) is 19.1. The summed E-state index contributed by atoms with van der Waals surface area (Å²) in [7, 11) is 0. The molecule has 7 heteroatoms. The average molecular weight is 436 g/mol. The van der Waals surface area contributed by atoms with Gasteiger partial charge in [0.25, 0.3) is 0 Å². The summed E-state index contributed by atoms with van der Waals surface area (Å²) in [5.41, 5.74) is -0.395. The first-order chi connectivity index (χ1) is 14.9. The number of carbonyl (C=O) groups excluding carboxylic acids is 3. The second kappa shape index (κ2) is 9.08. The number of hydrogen-bond donors (Lipinski definition) is 0. The molecule has 0 amide bonds. The van der Waals surface area contributed by atoms with Crippen LogP contribution in [0.3, 0.4) is 0 Å². The van der Waals surface area contributed by atoms with Crippen LogP contribution < -0.4 is 0 Å². The van der Waals surface area contributed by atoms with Gasteiger partial charge < -0.3 is 14.2 Å². The van der Waals surface area contributed by atoms with Crippen molar-refractivity contribution in [3.05, 3.63) is 0 Å². The Kier molecular flexibility index (Phi) is 6.61. The van der Waals surface area contributed by atoms with E-state index in [1.54, 1.807) is 0 Å². The molecule has 174 valence electrons. The lowest BCUT2D eigenvalue weighted by Crippen LogP contribution is -2.46.